The second kappa shape index (κ2) is 11.9. The molecule has 0 N–H and O–H groups in total. The van der Waals surface area contributed by atoms with E-state index >= 15 is 0 Å². The predicted octanol–water partition coefficient (Wildman–Crippen LogP) is 9.18. The van der Waals surface area contributed by atoms with Crippen molar-refractivity contribution in [3.05, 3.63) is 0 Å². The summed E-state index contributed by atoms with van der Waals surface area (Å²) in [6, 6.07) is 0. The lowest BCUT2D eigenvalue weighted by Crippen LogP contribution is -2.30. The molecular weight excluding hydrogens is 324 g/mol. The van der Waals surface area contributed by atoms with Crippen molar-refractivity contribution < 1.29 is 0 Å². The number of hydrogen-bond acceptors (Lipinski definition) is 0. The van der Waals surface area contributed by atoms with Crippen LogP contribution in [0.3, 0.4) is 0 Å². The molecule has 0 amide bonds. The lowest BCUT2D eigenvalue weighted by Gasteiger charge is -2.41. The van der Waals surface area contributed by atoms with E-state index in [4.69, 9.17) is 0 Å². The van der Waals surface area contributed by atoms with Crippen molar-refractivity contribution >= 4 is 0 Å². The van der Waals surface area contributed by atoms with Gasteiger partial charge in [-0.1, -0.05) is 90.9 Å². The van der Waals surface area contributed by atoms with Crippen molar-refractivity contribution in [2.75, 3.05) is 0 Å². The highest BCUT2D eigenvalue weighted by molar-refractivity contribution is 4.86. The van der Waals surface area contributed by atoms with Crippen molar-refractivity contribution in [3.8, 4) is 0 Å². The van der Waals surface area contributed by atoms with Gasteiger partial charge in [-0.15, -0.1) is 0 Å². The third-order valence-corrected chi connectivity index (χ3v) is 9.16. The van der Waals surface area contributed by atoms with Crippen LogP contribution in [0.4, 0.5) is 0 Å². The van der Waals surface area contributed by atoms with E-state index in [9.17, 15) is 0 Å². The van der Waals surface area contributed by atoms with Gasteiger partial charge in [-0.2, -0.15) is 0 Å². The van der Waals surface area contributed by atoms with E-state index < -0.39 is 0 Å². The van der Waals surface area contributed by atoms with Gasteiger partial charge in [0.05, 0.1) is 0 Å². The van der Waals surface area contributed by atoms with Crippen LogP contribution in [0.5, 0.6) is 0 Å². The van der Waals surface area contributed by atoms with Gasteiger partial charge in [-0.3, -0.25) is 0 Å². The molecule has 27 heavy (non-hydrogen) atoms. The van der Waals surface area contributed by atoms with Gasteiger partial charge in [-0.05, 0) is 80.5 Å². The number of unbranched alkanes of at least 4 members (excludes halogenated alkanes) is 4. The lowest BCUT2D eigenvalue weighted by molar-refractivity contribution is 0.0988. The largest absolute Gasteiger partial charge is 0.0654 e. The van der Waals surface area contributed by atoms with Crippen LogP contribution in [0.25, 0.3) is 0 Å². The molecule has 3 aliphatic rings. The summed E-state index contributed by atoms with van der Waals surface area (Å²) in [5, 5.41) is 0. The summed E-state index contributed by atoms with van der Waals surface area (Å²) in [5.41, 5.74) is 0. The van der Waals surface area contributed by atoms with E-state index in [1.807, 2.05) is 0 Å². The quantitative estimate of drug-likeness (QED) is 0.353. The molecule has 3 rings (SSSR count). The highest BCUT2D eigenvalue weighted by Crippen LogP contribution is 2.46. The Morgan fingerprint density at radius 3 is 1.74 bits per heavy atom. The second-order valence-electron chi connectivity index (χ2n) is 10.9. The van der Waals surface area contributed by atoms with E-state index in [2.05, 4.69) is 13.8 Å². The molecular formula is C27H50. The van der Waals surface area contributed by atoms with E-state index in [0.29, 0.717) is 0 Å². The van der Waals surface area contributed by atoms with Gasteiger partial charge in [0, 0.05) is 0 Å². The number of hydrogen-bond donors (Lipinski definition) is 0. The maximum absolute atomic E-state index is 2.40. The van der Waals surface area contributed by atoms with Gasteiger partial charge < -0.3 is 0 Å². The zero-order chi connectivity index (χ0) is 18.9. The SMILES string of the molecule is CCCCCCC[C@H]1CCC[C@@H](C2CCC([C@H]3CC[C@H](CC)CC3)CC2)C1. The predicted molar refractivity (Wildman–Crippen MR) is 120 cm³/mol. The molecule has 0 saturated heterocycles. The van der Waals surface area contributed by atoms with E-state index in [-0.39, 0.29) is 0 Å². The molecule has 0 radical (unpaired) electrons. The topological polar surface area (TPSA) is 0 Å². The van der Waals surface area contributed by atoms with Crippen LogP contribution in [0.1, 0.15) is 136 Å². The Bertz CT molecular complexity index is 369. The lowest BCUT2D eigenvalue weighted by atomic mass is 9.64. The summed E-state index contributed by atoms with van der Waals surface area (Å²) < 4.78 is 0. The fourth-order valence-electron chi connectivity index (χ4n) is 7.22. The van der Waals surface area contributed by atoms with Crippen molar-refractivity contribution in [1.82, 2.24) is 0 Å². The molecule has 2 atom stereocenters. The summed E-state index contributed by atoms with van der Waals surface area (Å²) in [5.74, 6) is 6.59. The first-order chi connectivity index (χ1) is 13.3. The Labute approximate surface area is 171 Å². The Balaban J connectivity index is 1.34. The summed E-state index contributed by atoms with van der Waals surface area (Å²) in [6.07, 6.45) is 29.2. The fourth-order valence-corrected chi connectivity index (χ4v) is 7.22. The maximum Gasteiger partial charge on any atom is -0.0383 e. The molecule has 0 spiro atoms. The normalized spacial score (nSPS) is 38.0. The van der Waals surface area contributed by atoms with Gasteiger partial charge in [0.1, 0.15) is 0 Å². The highest BCUT2D eigenvalue weighted by Gasteiger charge is 2.34. The number of rotatable bonds is 9. The molecule has 3 fully saturated rings. The first kappa shape index (κ1) is 21.7. The standard InChI is InChI=1S/C27H50/c1-3-5-6-7-8-10-23-11-9-12-27(21-23)26-19-17-25(18-20-26)24-15-13-22(4-2)14-16-24/h22-27H,3-21H2,1-2H3/t22-,23-,24-,25?,26?,27+/m0/s1. The molecule has 0 nitrogen and oxygen atoms in total. The molecule has 3 aliphatic carbocycles. The third kappa shape index (κ3) is 6.78. The van der Waals surface area contributed by atoms with Crippen LogP contribution in [0.15, 0.2) is 0 Å². The molecule has 0 aromatic rings. The average Bonchev–Trinajstić information content (AvgIpc) is 2.74. The zero-order valence-electron chi connectivity index (χ0n) is 18.9. The zero-order valence-corrected chi connectivity index (χ0v) is 18.9. The van der Waals surface area contributed by atoms with Crippen LogP contribution < -0.4 is 0 Å². The van der Waals surface area contributed by atoms with Gasteiger partial charge >= 0.3 is 0 Å². The molecule has 0 bridgehead atoms. The van der Waals surface area contributed by atoms with E-state index in [0.717, 1.165) is 35.5 Å². The van der Waals surface area contributed by atoms with E-state index in [1.165, 1.54) is 38.5 Å². The van der Waals surface area contributed by atoms with Crippen LogP contribution in [0, 0.1) is 35.5 Å². The van der Waals surface area contributed by atoms with Gasteiger partial charge in [0.2, 0.25) is 0 Å². The summed E-state index contributed by atoms with van der Waals surface area (Å²) >= 11 is 0. The smallest absolute Gasteiger partial charge is 0.0383 e. The summed E-state index contributed by atoms with van der Waals surface area (Å²) in [7, 11) is 0. The molecule has 158 valence electrons. The fraction of sp³-hybridized carbons (Fsp3) is 1.00. The summed E-state index contributed by atoms with van der Waals surface area (Å²) in [4.78, 5) is 0. The maximum atomic E-state index is 2.40. The molecule has 0 aliphatic heterocycles. The van der Waals surface area contributed by atoms with Gasteiger partial charge in [-0.25, -0.2) is 0 Å². The Hall–Kier alpha value is 0. The average molecular weight is 375 g/mol. The van der Waals surface area contributed by atoms with Gasteiger partial charge in [0.15, 0.2) is 0 Å². The minimum Gasteiger partial charge on any atom is -0.0654 e. The minimum atomic E-state index is 1.07. The Morgan fingerprint density at radius 2 is 1.11 bits per heavy atom. The molecule has 0 unspecified atom stereocenters. The molecule has 0 aromatic heterocycles. The van der Waals surface area contributed by atoms with Gasteiger partial charge in [0.25, 0.3) is 0 Å². The molecule has 0 aromatic carbocycles. The van der Waals surface area contributed by atoms with Crippen LogP contribution in [0.2, 0.25) is 0 Å². The minimum absolute atomic E-state index is 1.07. The van der Waals surface area contributed by atoms with Crippen molar-refractivity contribution in [1.29, 1.82) is 0 Å². The third-order valence-electron chi connectivity index (χ3n) is 9.16. The second-order valence-corrected chi connectivity index (χ2v) is 10.9. The van der Waals surface area contributed by atoms with Crippen molar-refractivity contribution in [2.24, 2.45) is 35.5 Å². The van der Waals surface area contributed by atoms with Crippen LogP contribution in [-0.2, 0) is 0 Å². The van der Waals surface area contributed by atoms with Crippen LogP contribution >= 0.6 is 0 Å². The molecule has 3 saturated carbocycles. The molecule has 0 heteroatoms. The highest BCUT2D eigenvalue weighted by atomic mass is 14.4. The van der Waals surface area contributed by atoms with Crippen molar-refractivity contribution in [3.63, 3.8) is 0 Å². The Kier molecular flexibility index (Phi) is 9.54. The van der Waals surface area contributed by atoms with Crippen molar-refractivity contribution in [2.45, 2.75) is 136 Å². The van der Waals surface area contributed by atoms with Crippen LogP contribution in [-0.4, -0.2) is 0 Å². The molecule has 0 heterocycles. The van der Waals surface area contributed by atoms with E-state index in [1.54, 1.807) is 83.5 Å². The monoisotopic (exact) mass is 374 g/mol. The first-order valence-electron chi connectivity index (χ1n) is 13.3. The Morgan fingerprint density at radius 1 is 0.519 bits per heavy atom. The first-order valence-corrected chi connectivity index (χ1v) is 13.3. The summed E-state index contributed by atoms with van der Waals surface area (Å²) in [6.45, 7) is 4.73.